The number of ether oxygens (including phenoxy) is 2. The minimum atomic E-state index is -1.07. The van der Waals surface area contributed by atoms with E-state index in [4.69, 9.17) is 9.47 Å². The maximum Gasteiger partial charge on any atom is 0.324 e. The molecule has 1 atom stereocenters. The van der Waals surface area contributed by atoms with E-state index in [0.717, 1.165) is 4.90 Å². The van der Waals surface area contributed by atoms with Gasteiger partial charge in [-0.3, -0.25) is 19.3 Å². The Balaban J connectivity index is 1.55. The molecule has 0 aliphatic carbocycles. The Morgan fingerprint density at radius 1 is 1.31 bits per heavy atom. The molecular formula is C17H19N3O6. The highest BCUT2D eigenvalue weighted by Crippen LogP contribution is 2.31. The van der Waals surface area contributed by atoms with Crippen LogP contribution in [0.5, 0.6) is 5.75 Å². The molecule has 0 radical (unpaired) electrons. The minimum Gasteiger partial charge on any atom is -0.482 e. The van der Waals surface area contributed by atoms with E-state index >= 15 is 0 Å². The van der Waals surface area contributed by atoms with Gasteiger partial charge in [0.05, 0.1) is 12.1 Å². The third-order valence-corrected chi connectivity index (χ3v) is 4.13. The van der Waals surface area contributed by atoms with E-state index in [1.165, 1.54) is 11.8 Å². The smallest absolute Gasteiger partial charge is 0.324 e. The van der Waals surface area contributed by atoms with Gasteiger partial charge in [-0.25, -0.2) is 4.79 Å². The first-order valence-corrected chi connectivity index (χ1v) is 8.28. The van der Waals surface area contributed by atoms with Crippen LogP contribution >= 0.6 is 0 Å². The average molecular weight is 361 g/mol. The van der Waals surface area contributed by atoms with Crippen molar-refractivity contribution in [3.63, 3.8) is 0 Å². The molecule has 4 amide bonds. The van der Waals surface area contributed by atoms with E-state index < -0.39 is 24.0 Å². The Bertz CT molecular complexity index is 750. The van der Waals surface area contributed by atoms with Crippen molar-refractivity contribution in [3.8, 4) is 5.75 Å². The molecule has 0 saturated carbocycles. The topological polar surface area (TPSA) is 105 Å². The first kappa shape index (κ1) is 17.7. The Hall–Kier alpha value is -3.10. The molecule has 1 saturated heterocycles. The number of imide groups is 1. The molecule has 0 spiro atoms. The number of para-hydroxylation sites is 2. The van der Waals surface area contributed by atoms with Gasteiger partial charge in [-0.1, -0.05) is 12.1 Å². The normalized spacial score (nSPS) is 17.3. The fourth-order valence-corrected chi connectivity index (χ4v) is 2.81. The third kappa shape index (κ3) is 3.61. The van der Waals surface area contributed by atoms with Gasteiger partial charge in [0.25, 0.3) is 11.8 Å². The quantitative estimate of drug-likeness (QED) is 0.756. The van der Waals surface area contributed by atoms with Crippen LogP contribution in [-0.2, 0) is 19.1 Å². The lowest BCUT2D eigenvalue weighted by Crippen LogP contribution is -2.43. The van der Waals surface area contributed by atoms with E-state index in [1.54, 1.807) is 24.3 Å². The number of hydrogen-bond acceptors (Lipinski definition) is 6. The highest BCUT2D eigenvalue weighted by atomic mass is 16.5. The molecular weight excluding hydrogens is 342 g/mol. The lowest BCUT2D eigenvalue weighted by atomic mass is 10.2. The summed E-state index contributed by atoms with van der Waals surface area (Å²) in [5, 5.41) is 2.51. The molecule has 2 aliphatic heterocycles. The van der Waals surface area contributed by atoms with E-state index in [9.17, 15) is 19.2 Å². The monoisotopic (exact) mass is 361 g/mol. The molecule has 0 unspecified atom stereocenters. The van der Waals surface area contributed by atoms with Crippen LogP contribution in [0.15, 0.2) is 24.3 Å². The molecule has 138 valence electrons. The maximum absolute atomic E-state index is 12.1. The average Bonchev–Trinajstić information content (AvgIpc) is 3.06. The number of nitrogens with one attached hydrogen (secondary N) is 1. The predicted molar refractivity (Wildman–Crippen MR) is 89.6 cm³/mol. The second kappa shape index (κ2) is 7.42. The van der Waals surface area contributed by atoms with Crippen LogP contribution in [-0.4, -0.2) is 61.1 Å². The van der Waals surface area contributed by atoms with E-state index in [2.05, 4.69) is 5.32 Å². The van der Waals surface area contributed by atoms with Gasteiger partial charge in [0.15, 0.2) is 12.7 Å². The van der Waals surface area contributed by atoms with Crippen molar-refractivity contribution in [2.75, 3.05) is 31.1 Å². The SMILES string of the molecule is C[C@@H](OC(=O)CCN1C(=O)COc2ccccc21)C(=O)N1CCNC1=O. The minimum absolute atomic E-state index is 0.0795. The first-order valence-electron chi connectivity index (χ1n) is 8.28. The van der Waals surface area contributed by atoms with Crippen molar-refractivity contribution in [1.82, 2.24) is 10.2 Å². The van der Waals surface area contributed by atoms with Gasteiger partial charge in [0, 0.05) is 19.6 Å². The van der Waals surface area contributed by atoms with Crippen LogP contribution in [0.25, 0.3) is 0 Å². The summed E-state index contributed by atoms with van der Waals surface area (Å²) in [6, 6.07) is 6.55. The molecule has 1 N–H and O–H groups in total. The molecule has 9 nitrogen and oxygen atoms in total. The lowest BCUT2D eigenvalue weighted by Gasteiger charge is -2.29. The van der Waals surface area contributed by atoms with Crippen molar-refractivity contribution >= 4 is 29.5 Å². The summed E-state index contributed by atoms with van der Waals surface area (Å²) in [4.78, 5) is 50.2. The van der Waals surface area contributed by atoms with Gasteiger partial charge in [-0.15, -0.1) is 0 Å². The first-order chi connectivity index (χ1) is 12.5. The summed E-state index contributed by atoms with van der Waals surface area (Å²) in [6.45, 7) is 2.07. The van der Waals surface area contributed by atoms with Crippen LogP contribution < -0.4 is 15.0 Å². The fraction of sp³-hybridized carbons (Fsp3) is 0.412. The molecule has 2 heterocycles. The third-order valence-electron chi connectivity index (χ3n) is 4.13. The predicted octanol–water partition coefficient (Wildman–Crippen LogP) is 0.286. The molecule has 26 heavy (non-hydrogen) atoms. The van der Waals surface area contributed by atoms with Gasteiger partial charge in [0.1, 0.15) is 5.75 Å². The van der Waals surface area contributed by atoms with Gasteiger partial charge < -0.3 is 19.7 Å². The van der Waals surface area contributed by atoms with Gasteiger partial charge >= 0.3 is 12.0 Å². The second-order valence-corrected chi connectivity index (χ2v) is 5.91. The van der Waals surface area contributed by atoms with E-state index in [-0.39, 0.29) is 32.0 Å². The number of esters is 1. The largest absolute Gasteiger partial charge is 0.482 e. The number of amides is 4. The number of carbonyl (C=O) groups is 4. The van der Waals surface area contributed by atoms with Crippen molar-refractivity contribution in [1.29, 1.82) is 0 Å². The molecule has 1 fully saturated rings. The van der Waals surface area contributed by atoms with Crippen molar-refractivity contribution < 1.29 is 28.7 Å². The molecule has 2 aliphatic rings. The van der Waals surface area contributed by atoms with Crippen LogP contribution in [0, 0.1) is 0 Å². The Labute approximate surface area is 149 Å². The van der Waals surface area contributed by atoms with Gasteiger partial charge in [0.2, 0.25) is 0 Å². The molecule has 0 bridgehead atoms. The summed E-state index contributed by atoms with van der Waals surface area (Å²) in [7, 11) is 0. The zero-order valence-electron chi connectivity index (χ0n) is 14.3. The van der Waals surface area contributed by atoms with Crippen molar-refractivity contribution in [2.24, 2.45) is 0 Å². The molecule has 1 aromatic rings. The van der Waals surface area contributed by atoms with Crippen molar-refractivity contribution in [3.05, 3.63) is 24.3 Å². The van der Waals surface area contributed by atoms with Crippen molar-refractivity contribution in [2.45, 2.75) is 19.4 Å². The number of anilines is 1. The molecule has 3 rings (SSSR count). The van der Waals surface area contributed by atoms with E-state index in [0.29, 0.717) is 18.0 Å². The van der Waals surface area contributed by atoms with Crippen LogP contribution in [0.3, 0.4) is 0 Å². The Morgan fingerprint density at radius 3 is 2.81 bits per heavy atom. The zero-order chi connectivity index (χ0) is 18.7. The summed E-state index contributed by atoms with van der Waals surface area (Å²) in [5.74, 6) is -0.873. The Morgan fingerprint density at radius 2 is 2.08 bits per heavy atom. The van der Waals surface area contributed by atoms with Crippen LogP contribution in [0.1, 0.15) is 13.3 Å². The number of fused-ring (bicyclic) bond motifs is 1. The molecule has 0 aromatic heterocycles. The second-order valence-electron chi connectivity index (χ2n) is 5.91. The summed E-state index contributed by atoms with van der Waals surface area (Å²) < 4.78 is 10.4. The van der Waals surface area contributed by atoms with E-state index in [1.807, 2.05) is 0 Å². The summed E-state index contributed by atoms with van der Waals surface area (Å²) in [5.41, 5.74) is 0.592. The van der Waals surface area contributed by atoms with Crippen LogP contribution in [0.4, 0.5) is 10.5 Å². The molecule has 9 heteroatoms. The lowest BCUT2D eigenvalue weighted by molar-refractivity contribution is -0.157. The van der Waals surface area contributed by atoms with Gasteiger partial charge in [-0.2, -0.15) is 0 Å². The zero-order valence-corrected chi connectivity index (χ0v) is 14.3. The summed E-state index contributed by atoms with van der Waals surface area (Å²) in [6.07, 6.45) is -1.15. The van der Waals surface area contributed by atoms with Gasteiger partial charge in [-0.05, 0) is 19.1 Å². The highest BCUT2D eigenvalue weighted by molar-refractivity contribution is 5.99. The number of nitrogens with zero attached hydrogens (tertiary/aromatic N) is 2. The fourth-order valence-electron chi connectivity index (χ4n) is 2.81. The summed E-state index contributed by atoms with van der Waals surface area (Å²) >= 11 is 0. The number of urea groups is 1. The maximum atomic E-state index is 12.1. The molecule has 1 aromatic carbocycles. The number of hydrogen-bond donors (Lipinski definition) is 1. The number of rotatable bonds is 5. The standard InChI is InChI=1S/C17H19N3O6/c1-11(16(23)20-9-7-18-17(20)24)26-15(22)6-8-19-12-4-2-3-5-13(12)25-10-14(19)21/h2-5,11H,6-10H2,1H3,(H,18,24)/t11-/m1/s1. The number of carbonyl (C=O) groups excluding carboxylic acids is 4. The van der Waals surface area contributed by atoms with Crippen LogP contribution in [0.2, 0.25) is 0 Å². The number of benzene rings is 1. The highest BCUT2D eigenvalue weighted by Gasteiger charge is 2.32. The Kier molecular flexibility index (Phi) is 5.06.